The minimum absolute atomic E-state index is 0.151. The first kappa shape index (κ1) is 26.2. The molecule has 0 saturated carbocycles. The van der Waals surface area contributed by atoms with E-state index in [0.717, 1.165) is 30.6 Å². The zero-order valence-corrected chi connectivity index (χ0v) is 22.8. The Morgan fingerprint density at radius 2 is 2.00 bits per heavy atom. The van der Waals surface area contributed by atoms with Crippen molar-refractivity contribution in [3.63, 3.8) is 0 Å². The van der Waals surface area contributed by atoms with Crippen LogP contribution in [0.3, 0.4) is 0 Å². The Morgan fingerprint density at radius 1 is 1.22 bits per heavy atom. The van der Waals surface area contributed by atoms with Gasteiger partial charge in [0.1, 0.15) is 17.4 Å². The van der Waals surface area contributed by atoms with Gasteiger partial charge < -0.3 is 19.4 Å². The van der Waals surface area contributed by atoms with E-state index in [1.165, 1.54) is 33.5 Å². The van der Waals surface area contributed by atoms with Crippen molar-refractivity contribution in [1.29, 1.82) is 0 Å². The molecule has 1 amide bonds. The molecule has 0 radical (unpaired) electrons. The second-order valence-electron chi connectivity index (χ2n) is 8.86. The second kappa shape index (κ2) is 11.9. The van der Waals surface area contributed by atoms with E-state index in [2.05, 4.69) is 22.4 Å². The first-order valence-electron chi connectivity index (χ1n) is 12.2. The summed E-state index contributed by atoms with van der Waals surface area (Å²) >= 11 is 2.81. The number of hydrogen-bond acceptors (Lipinski definition) is 8. The van der Waals surface area contributed by atoms with Crippen LogP contribution in [0.15, 0.2) is 29.4 Å². The van der Waals surface area contributed by atoms with Crippen LogP contribution >= 0.6 is 23.1 Å². The summed E-state index contributed by atoms with van der Waals surface area (Å²) in [4.78, 5) is 26.8. The van der Waals surface area contributed by atoms with E-state index in [9.17, 15) is 9.59 Å². The molecule has 2 aromatic heterocycles. The number of esters is 1. The molecule has 0 spiro atoms. The van der Waals surface area contributed by atoms with Crippen LogP contribution < -0.4 is 10.1 Å². The number of hydrogen-bond donors (Lipinski definition) is 1. The summed E-state index contributed by atoms with van der Waals surface area (Å²) in [6.45, 7) is 9.29. The van der Waals surface area contributed by atoms with Crippen molar-refractivity contribution in [2.75, 3.05) is 17.7 Å². The number of thioether (sulfide) groups is 1. The number of benzene rings is 1. The maximum absolute atomic E-state index is 12.9. The second-order valence-corrected chi connectivity index (χ2v) is 10.9. The van der Waals surface area contributed by atoms with Gasteiger partial charge in [-0.05, 0) is 63.6 Å². The number of fused-ring (bicyclic) bond motifs is 1. The average Bonchev–Trinajstić information content (AvgIpc) is 3.42. The minimum Gasteiger partial charge on any atom is -0.486 e. The van der Waals surface area contributed by atoms with Crippen molar-refractivity contribution in [2.45, 2.75) is 65.3 Å². The number of amides is 1. The molecule has 1 unspecified atom stereocenters. The SMILES string of the molecule is CCOC(=O)c1c(NC(=O)CSc2nnc(COc3ccc(C)cc3)n2CC)sc2c1CCC(C)C2. The summed E-state index contributed by atoms with van der Waals surface area (Å²) in [6.07, 6.45) is 2.78. The number of rotatable bonds is 10. The number of nitrogens with zero attached hydrogens (tertiary/aromatic N) is 3. The van der Waals surface area contributed by atoms with Gasteiger partial charge in [0.2, 0.25) is 5.91 Å². The third-order valence-corrected chi connectivity index (χ3v) is 8.21. The van der Waals surface area contributed by atoms with E-state index in [1.54, 1.807) is 6.92 Å². The predicted octanol–water partition coefficient (Wildman–Crippen LogP) is 5.28. The van der Waals surface area contributed by atoms with Crippen LogP contribution in [0.1, 0.15) is 59.4 Å². The molecule has 4 rings (SSSR count). The summed E-state index contributed by atoms with van der Waals surface area (Å²) in [5, 5.41) is 12.7. The molecule has 8 nitrogen and oxygen atoms in total. The Morgan fingerprint density at radius 3 is 2.72 bits per heavy atom. The van der Waals surface area contributed by atoms with Gasteiger partial charge in [0, 0.05) is 11.4 Å². The number of aromatic nitrogens is 3. The maximum atomic E-state index is 12.9. The largest absolute Gasteiger partial charge is 0.486 e. The highest BCUT2D eigenvalue weighted by molar-refractivity contribution is 7.99. The van der Waals surface area contributed by atoms with Gasteiger partial charge in [0.05, 0.1) is 17.9 Å². The summed E-state index contributed by atoms with van der Waals surface area (Å²) in [5.41, 5.74) is 2.72. The van der Waals surface area contributed by atoms with Gasteiger partial charge in [-0.25, -0.2) is 4.79 Å². The summed E-state index contributed by atoms with van der Waals surface area (Å²) in [7, 11) is 0. The normalized spacial score (nSPS) is 14.8. The summed E-state index contributed by atoms with van der Waals surface area (Å²) < 4.78 is 13.1. The first-order valence-corrected chi connectivity index (χ1v) is 14.1. The molecule has 0 aliphatic heterocycles. The number of nitrogens with one attached hydrogen (secondary N) is 1. The van der Waals surface area contributed by atoms with E-state index in [-0.39, 0.29) is 17.6 Å². The molecule has 192 valence electrons. The van der Waals surface area contributed by atoms with E-state index in [4.69, 9.17) is 9.47 Å². The highest BCUT2D eigenvalue weighted by Crippen LogP contribution is 2.40. The molecule has 1 N–H and O–H groups in total. The molecule has 1 atom stereocenters. The monoisotopic (exact) mass is 528 g/mol. The fraction of sp³-hybridized carbons (Fsp3) is 0.462. The lowest BCUT2D eigenvalue weighted by Crippen LogP contribution is -2.18. The Hall–Kier alpha value is -2.85. The number of aryl methyl sites for hydroxylation is 1. The van der Waals surface area contributed by atoms with E-state index in [1.807, 2.05) is 42.7 Å². The molecule has 0 bridgehead atoms. The lowest BCUT2D eigenvalue weighted by molar-refractivity contribution is -0.113. The average molecular weight is 529 g/mol. The molecule has 3 aromatic rings. The van der Waals surface area contributed by atoms with Gasteiger partial charge in [0.15, 0.2) is 11.0 Å². The Labute approximate surface area is 219 Å². The van der Waals surface area contributed by atoms with Crippen LogP contribution in [0.2, 0.25) is 0 Å². The first-order chi connectivity index (χ1) is 17.4. The molecule has 1 aliphatic carbocycles. The molecular formula is C26H32N4O4S2. The van der Waals surface area contributed by atoms with Crippen LogP contribution in [0.25, 0.3) is 0 Å². The van der Waals surface area contributed by atoms with Crippen LogP contribution in [-0.4, -0.2) is 39.0 Å². The molecule has 10 heteroatoms. The smallest absolute Gasteiger partial charge is 0.341 e. The quantitative estimate of drug-likeness (QED) is 0.283. The third kappa shape index (κ3) is 6.10. The van der Waals surface area contributed by atoms with Gasteiger partial charge in [0.25, 0.3) is 0 Å². The van der Waals surface area contributed by atoms with Crippen molar-refractivity contribution >= 4 is 40.0 Å². The molecule has 2 heterocycles. The van der Waals surface area contributed by atoms with Crippen molar-refractivity contribution in [1.82, 2.24) is 14.8 Å². The van der Waals surface area contributed by atoms with Crippen molar-refractivity contribution < 1.29 is 19.1 Å². The Balaban J connectivity index is 1.41. The van der Waals surface area contributed by atoms with E-state index < -0.39 is 0 Å². The van der Waals surface area contributed by atoms with Gasteiger partial charge >= 0.3 is 5.97 Å². The number of anilines is 1. The molecule has 0 saturated heterocycles. The fourth-order valence-corrected chi connectivity index (χ4v) is 6.42. The van der Waals surface area contributed by atoms with Crippen LogP contribution in [0.5, 0.6) is 5.75 Å². The standard InChI is InChI=1S/C26H32N4O4S2/c1-5-30-21(14-34-18-10-7-16(3)8-11-18)28-29-26(30)35-15-22(31)27-24-23(25(32)33-6-2)19-12-9-17(4)13-20(19)36-24/h7-8,10-11,17H,5-6,9,12-15H2,1-4H3,(H,27,31). The zero-order chi connectivity index (χ0) is 25.7. The number of ether oxygens (including phenoxy) is 2. The molecule has 0 fully saturated rings. The van der Waals surface area contributed by atoms with Crippen LogP contribution in [-0.2, 0) is 35.5 Å². The topological polar surface area (TPSA) is 95.3 Å². The maximum Gasteiger partial charge on any atom is 0.341 e. The highest BCUT2D eigenvalue weighted by atomic mass is 32.2. The lowest BCUT2D eigenvalue weighted by atomic mass is 9.88. The fourth-order valence-electron chi connectivity index (χ4n) is 4.18. The Kier molecular flexibility index (Phi) is 8.68. The van der Waals surface area contributed by atoms with Gasteiger partial charge in [-0.3, -0.25) is 4.79 Å². The van der Waals surface area contributed by atoms with Crippen molar-refractivity contribution in [3.8, 4) is 5.75 Å². The van der Waals surface area contributed by atoms with Gasteiger partial charge in [-0.1, -0.05) is 36.4 Å². The van der Waals surface area contributed by atoms with E-state index in [0.29, 0.717) is 47.2 Å². The number of carbonyl (C=O) groups is 2. The van der Waals surface area contributed by atoms with Crippen LogP contribution in [0.4, 0.5) is 5.00 Å². The molecular weight excluding hydrogens is 496 g/mol. The zero-order valence-electron chi connectivity index (χ0n) is 21.1. The van der Waals surface area contributed by atoms with Gasteiger partial charge in [-0.15, -0.1) is 21.5 Å². The van der Waals surface area contributed by atoms with Crippen molar-refractivity contribution in [3.05, 3.63) is 51.7 Å². The lowest BCUT2D eigenvalue weighted by Gasteiger charge is -2.18. The third-order valence-electron chi connectivity index (χ3n) is 6.08. The minimum atomic E-state index is -0.364. The molecule has 1 aromatic carbocycles. The Bertz CT molecular complexity index is 1220. The summed E-state index contributed by atoms with van der Waals surface area (Å²) in [5.74, 6) is 1.63. The number of thiophene rings is 1. The summed E-state index contributed by atoms with van der Waals surface area (Å²) in [6, 6.07) is 7.85. The van der Waals surface area contributed by atoms with Gasteiger partial charge in [-0.2, -0.15) is 0 Å². The number of carbonyl (C=O) groups excluding carboxylic acids is 2. The molecule has 36 heavy (non-hydrogen) atoms. The van der Waals surface area contributed by atoms with E-state index >= 15 is 0 Å². The van der Waals surface area contributed by atoms with Crippen LogP contribution in [0, 0.1) is 12.8 Å². The predicted molar refractivity (Wildman–Crippen MR) is 142 cm³/mol. The highest BCUT2D eigenvalue weighted by Gasteiger charge is 2.29. The van der Waals surface area contributed by atoms with Crippen molar-refractivity contribution in [2.24, 2.45) is 5.92 Å². The molecule has 1 aliphatic rings.